The van der Waals surface area contributed by atoms with Crippen LogP contribution < -0.4 is 4.72 Å². The minimum absolute atomic E-state index is 0.178. The van der Waals surface area contributed by atoms with E-state index in [0.29, 0.717) is 0 Å². The predicted octanol–water partition coefficient (Wildman–Crippen LogP) is -0.538. The van der Waals surface area contributed by atoms with Crippen molar-refractivity contribution in [2.24, 2.45) is 0 Å². The van der Waals surface area contributed by atoms with Crippen molar-refractivity contribution < 1.29 is 13.2 Å². The number of carbonyl (C=O) groups excluding carboxylic acids is 1. The van der Waals surface area contributed by atoms with Crippen LogP contribution >= 0.6 is 0 Å². The Morgan fingerprint density at radius 2 is 2.00 bits per heavy atom. The number of rotatable bonds is 1. The summed E-state index contributed by atoms with van der Waals surface area (Å²) in [5.74, 6) is -0.398. The second kappa shape index (κ2) is 2.43. The van der Waals surface area contributed by atoms with Crippen molar-refractivity contribution in [2.45, 2.75) is 26.3 Å². The van der Waals surface area contributed by atoms with Gasteiger partial charge >= 0.3 is 10.2 Å². The molecule has 0 aromatic heterocycles. The molecule has 0 radical (unpaired) electrons. The highest BCUT2D eigenvalue weighted by Gasteiger charge is 2.47. The van der Waals surface area contributed by atoms with Gasteiger partial charge in [-0.2, -0.15) is 13.1 Å². The lowest BCUT2D eigenvalue weighted by Crippen LogP contribution is -2.40. The van der Waals surface area contributed by atoms with E-state index >= 15 is 0 Å². The van der Waals surface area contributed by atoms with Gasteiger partial charge in [-0.15, -0.1) is 0 Å². The first kappa shape index (κ1) is 9.47. The maximum atomic E-state index is 11.4. The second-order valence-corrected chi connectivity index (χ2v) is 4.80. The average Bonchev–Trinajstić information content (AvgIpc) is 1.98. The first-order chi connectivity index (χ1) is 5.31. The Morgan fingerprint density at radius 3 is 2.17 bits per heavy atom. The molecule has 0 aromatic carbocycles. The van der Waals surface area contributed by atoms with Gasteiger partial charge in [0, 0.05) is 6.54 Å². The van der Waals surface area contributed by atoms with Gasteiger partial charge in [-0.3, -0.25) is 4.79 Å². The molecule has 1 amide bonds. The molecule has 1 aliphatic heterocycles. The second-order valence-electron chi connectivity index (χ2n) is 3.20. The van der Waals surface area contributed by atoms with Gasteiger partial charge in [-0.1, -0.05) is 0 Å². The largest absolute Gasteiger partial charge is 0.304 e. The van der Waals surface area contributed by atoms with Crippen LogP contribution in [0.25, 0.3) is 0 Å². The molecule has 1 rings (SSSR count). The van der Waals surface area contributed by atoms with Gasteiger partial charge in [0.1, 0.15) is 5.54 Å². The van der Waals surface area contributed by atoms with Crippen LogP contribution in [0.4, 0.5) is 0 Å². The number of nitrogens with zero attached hydrogens (tertiary/aromatic N) is 1. The Labute approximate surface area is 71.9 Å². The van der Waals surface area contributed by atoms with Crippen LogP contribution in [-0.2, 0) is 15.0 Å². The summed E-state index contributed by atoms with van der Waals surface area (Å²) in [6.45, 7) is 4.89. The molecule has 1 fully saturated rings. The van der Waals surface area contributed by atoms with Crippen molar-refractivity contribution in [1.29, 1.82) is 0 Å². The third-order valence-corrected chi connectivity index (χ3v) is 3.50. The molecule has 0 spiro atoms. The van der Waals surface area contributed by atoms with E-state index in [4.69, 9.17) is 0 Å². The molecule has 5 nitrogen and oxygen atoms in total. The zero-order chi connectivity index (χ0) is 9.57. The molecular formula is C6H12N2O3S. The standard InChI is InChI=1S/C6H12N2O3S/c1-4-8-5(9)6(2,3)7-12(8,10)11/h7H,4H2,1-3H3. The van der Waals surface area contributed by atoms with Crippen LogP contribution in [0.3, 0.4) is 0 Å². The molecule has 0 atom stereocenters. The van der Waals surface area contributed by atoms with E-state index in [2.05, 4.69) is 4.72 Å². The maximum absolute atomic E-state index is 11.4. The minimum atomic E-state index is -3.56. The van der Waals surface area contributed by atoms with Gasteiger partial charge < -0.3 is 0 Å². The van der Waals surface area contributed by atoms with Crippen molar-refractivity contribution in [1.82, 2.24) is 9.03 Å². The zero-order valence-electron chi connectivity index (χ0n) is 7.29. The lowest BCUT2D eigenvalue weighted by Gasteiger charge is -2.12. The number of carbonyl (C=O) groups is 1. The van der Waals surface area contributed by atoms with Crippen LogP contribution in [-0.4, -0.2) is 30.7 Å². The van der Waals surface area contributed by atoms with Crippen molar-refractivity contribution in [3.05, 3.63) is 0 Å². The third-order valence-electron chi connectivity index (χ3n) is 1.72. The number of likely N-dealkylation sites (N-methyl/N-ethyl adjacent to an activating group) is 1. The van der Waals surface area contributed by atoms with Gasteiger partial charge in [0.15, 0.2) is 0 Å². The average molecular weight is 192 g/mol. The molecule has 0 aromatic rings. The van der Waals surface area contributed by atoms with E-state index in [1.54, 1.807) is 20.8 Å². The van der Waals surface area contributed by atoms with E-state index in [1.165, 1.54) is 0 Å². The molecule has 1 heterocycles. The monoisotopic (exact) mass is 192 g/mol. The first-order valence-corrected chi connectivity index (χ1v) is 5.11. The summed E-state index contributed by atoms with van der Waals surface area (Å²) in [4.78, 5) is 11.4. The Hall–Kier alpha value is -0.620. The van der Waals surface area contributed by atoms with E-state index in [9.17, 15) is 13.2 Å². The summed E-state index contributed by atoms with van der Waals surface area (Å²) in [6, 6.07) is 0. The molecule has 0 unspecified atom stereocenters. The van der Waals surface area contributed by atoms with E-state index < -0.39 is 21.7 Å². The van der Waals surface area contributed by atoms with E-state index in [-0.39, 0.29) is 6.54 Å². The maximum Gasteiger partial charge on any atom is 0.304 e. The van der Waals surface area contributed by atoms with Gasteiger partial charge in [-0.05, 0) is 20.8 Å². The van der Waals surface area contributed by atoms with Gasteiger partial charge in [0.05, 0.1) is 0 Å². The van der Waals surface area contributed by atoms with E-state index in [0.717, 1.165) is 4.31 Å². The molecule has 1 saturated heterocycles. The summed E-state index contributed by atoms with van der Waals surface area (Å²) in [6.07, 6.45) is 0. The molecule has 0 bridgehead atoms. The van der Waals surface area contributed by atoms with E-state index in [1.807, 2.05) is 0 Å². The highest BCUT2D eigenvalue weighted by molar-refractivity contribution is 7.88. The normalized spacial score (nSPS) is 26.2. The van der Waals surface area contributed by atoms with Crippen molar-refractivity contribution in [2.75, 3.05) is 6.54 Å². The highest BCUT2D eigenvalue weighted by atomic mass is 32.2. The van der Waals surface area contributed by atoms with Crippen molar-refractivity contribution in [3.8, 4) is 0 Å². The summed E-state index contributed by atoms with van der Waals surface area (Å²) < 4.78 is 25.5. The topological polar surface area (TPSA) is 66.5 Å². The van der Waals surface area contributed by atoms with Crippen LogP contribution in [0.5, 0.6) is 0 Å². The quantitative estimate of drug-likeness (QED) is 0.607. The number of amides is 1. The fourth-order valence-corrected chi connectivity index (χ4v) is 2.78. The zero-order valence-corrected chi connectivity index (χ0v) is 8.10. The summed E-state index contributed by atoms with van der Waals surface area (Å²) in [5.41, 5.74) is -0.991. The Morgan fingerprint density at radius 1 is 1.50 bits per heavy atom. The Balaban J connectivity index is 3.13. The molecule has 70 valence electrons. The van der Waals surface area contributed by atoms with Crippen molar-refractivity contribution >= 4 is 16.1 Å². The Kier molecular flexibility index (Phi) is 1.92. The lowest BCUT2D eigenvalue weighted by atomic mass is 10.1. The number of hydrogen-bond acceptors (Lipinski definition) is 3. The summed E-state index contributed by atoms with van der Waals surface area (Å²) in [7, 11) is -3.56. The predicted molar refractivity (Wildman–Crippen MR) is 43.5 cm³/mol. The molecule has 1 aliphatic rings. The molecule has 0 saturated carbocycles. The fraction of sp³-hybridized carbons (Fsp3) is 0.833. The van der Waals surface area contributed by atoms with Crippen LogP contribution in [0, 0.1) is 0 Å². The van der Waals surface area contributed by atoms with Crippen LogP contribution in [0.2, 0.25) is 0 Å². The highest BCUT2D eigenvalue weighted by Crippen LogP contribution is 2.20. The molecule has 6 heteroatoms. The first-order valence-electron chi connectivity index (χ1n) is 3.67. The fourth-order valence-electron chi connectivity index (χ4n) is 1.16. The Bertz CT molecular complexity index is 307. The smallest absolute Gasteiger partial charge is 0.272 e. The van der Waals surface area contributed by atoms with Crippen LogP contribution in [0.1, 0.15) is 20.8 Å². The number of nitrogens with one attached hydrogen (secondary N) is 1. The van der Waals surface area contributed by atoms with Crippen molar-refractivity contribution in [3.63, 3.8) is 0 Å². The molecule has 0 aliphatic carbocycles. The summed E-state index contributed by atoms with van der Waals surface area (Å²) in [5, 5.41) is 0. The third kappa shape index (κ3) is 1.21. The van der Waals surface area contributed by atoms with Gasteiger partial charge in [0.25, 0.3) is 5.91 Å². The van der Waals surface area contributed by atoms with Crippen LogP contribution in [0.15, 0.2) is 0 Å². The van der Waals surface area contributed by atoms with Gasteiger partial charge in [0.2, 0.25) is 0 Å². The number of hydrogen-bond donors (Lipinski definition) is 1. The summed E-state index contributed by atoms with van der Waals surface area (Å²) >= 11 is 0. The molecular weight excluding hydrogens is 180 g/mol. The molecule has 12 heavy (non-hydrogen) atoms. The molecule has 1 N–H and O–H groups in total. The SMILES string of the molecule is CCN1C(=O)C(C)(C)NS1(=O)=O. The minimum Gasteiger partial charge on any atom is -0.272 e. The lowest BCUT2D eigenvalue weighted by molar-refractivity contribution is -0.129. The van der Waals surface area contributed by atoms with Gasteiger partial charge in [-0.25, -0.2) is 4.31 Å².